The normalized spacial score (nSPS) is 17.9. The van der Waals surface area contributed by atoms with Crippen LogP contribution in [0, 0.1) is 0 Å². The fraction of sp³-hybridized carbons (Fsp3) is 0.600. The van der Waals surface area contributed by atoms with E-state index in [1.165, 1.54) is 50.5 Å². The average molecular weight is 202 g/mol. The summed E-state index contributed by atoms with van der Waals surface area (Å²) in [5.41, 5.74) is 3.13. The molecule has 15 heavy (non-hydrogen) atoms. The molecule has 0 nitrogen and oxygen atoms in total. The Balaban J connectivity index is 2.09. The van der Waals surface area contributed by atoms with Crippen molar-refractivity contribution in [3.63, 3.8) is 0 Å². The molecule has 0 saturated heterocycles. The van der Waals surface area contributed by atoms with E-state index in [1.54, 1.807) is 5.56 Å². The van der Waals surface area contributed by atoms with E-state index in [0.717, 1.165) is 5.92 Å². The lowest BCUT2D eigenvalue weighted by Crippen LogP contribution is -2.04. The maximum absolute atomic E-state index is 2.44. The van der Waals surface area contributed by atoms with E-state index in [4.69, 9.17) is 0 Å². The Bertz CT molecular complexity index is 295. The van der Waals surface area contributed by atoms with Gasteiger partial charge in [0.15, 0.2) is 0 Å². The molecule has 1 saturated carbocycles. The quantitative estimate of drug-likeness (QED) is 0.667. The number of hydrogen-bond acceptors (Lipinski definition) is 0. The summed E-state index contributed by atoms with van der Waals surface area (Å²) >= 11 is 0. The zero-order valence-electron chi connectivity index (χ0n) is 9.84. The van der Waals surface area contributed by atoms with Gasteiger partial charge >= 0.3 is 0 Å². The van der Waals surface area contributed by atoms with Crippen LogP contribution in [0.4, 0.5) is 0 Å². The topological polar surface area (TPSA) is 0 Å². The van der Waals surface area contributed by atoms with Gasteiger partial charge < -0.3 is 0 Å². The highest BCUT2D eigenvalue weighted by atomic mass is 14.2. The minimum absolute atomic E-state index is 0.857. The number of rotatable bonds is 3. The maximum Gasteiger partial charge on any atom is -0.0162 e. The van der Waals surface area contributed by atoms with Gasteiger partial charge in [0.1, 0.15) is 0 Å². The van der Waals surface area contributed by atoms with Crippen LogP contribution >= 0.6 is 0 Å². The first-order valence-corrected chi connectivity index (χ1v) is 6.49. The molecular formula is C15H22. The van der Waals surface area contributed by atoms with E-state index in [-0.39, 0.29) is 0 Å². The molecule has 0 radical (unpaired) electrons. The monoisotopic (exact) mass is 202 g/mol. The van der Waals surface area contributed by atoms with Gasteiger partial charge in [-0.1, -0.05) is 56.9 Å². The van der Waals surface area contributed by atoms with Crippen molar-refractivity contribution < 1.29 is 0 Å². The zero-order chi connectivity index (χ0) is 10.5. The van der Waals surface area contributed by atoms with Crippen LogP contribution in [0.25, 0.3) is 0 Å². The van der Waals surface area contributed by atoms with Crippen LogP contribution in [-0.4, -0.2) is 0 Å². The molecule has 1 fully saturated rings. The van der Waals surface area contributed by atoms with Crippen LogP contribution in [0.1, 0.15) is 62.5 Å². The highest BCUT2D eigenvalue weighted by molar-refractivity contribution is 5.26. The standard InChI is InChI=1S/C15H22/c1-2-7-13-8-6-11-15(12-13)14-9-4-3-5-10-14/h6,8,11-12,14H,2-5,7,9-10H2,1H3. The Morgan fingerprint density at radius 3 is 2.67 bits per heavy atom. The smallest absolute Gasteiger partial charge is 0.0162 e. The summed E-state index contributed by atoms with van der Waals surface area (Å²) in [6.07, 6.45) is 9.64. The first-order valence-electron chi connectivity index (χ1n) is 6.49. The molecule has 0 spiro atoms. The number of aryl methyl sites for hydroxylation is 1. The van der Waals surface area contributed by atoms with Crippen molar-refractivity contribution in [1.82, 2.24) is 0 Å². The van der Waals surface area contributed by atoms with Gasteiger partial charge in [-0.3, -0.25) is 0 Å². The molecule has 0 heterocycles. The first-order chi connectivity index (χ1) is 7.40. The molecule has 0 amide bonds. The van der Waals surface area contributed by atoms with E-state index >= 15 is 0 Å². The van der Waals surface area contributed by atoms with E-state index in [2.05, 4.69) is 31.2 Å². The van der Waals surface area contributed by atoms with Crippen LogP contribution in [0.5, 0.6) is 0 Å². The summed E-state index contributed by atoms with van der Waals surface area (Å²) < 4.78 is 0. The molecule has 1 aliphatic rings. The van der Waals surface area contributed by atoms with Crippen molar-refractivity contribution >= 4 is 0 Å². The third kappa shape index (κ3) is 2.84. The first kappa shape index (κ1) is 10.7. The lowest BCUT2D eigenvalue weighted by molar-refractivity contribution is 0.443. The van der Waals surface area contributed by atoms with Gasteiger partial charge in [-0.2, -0.15) is 0 Å². The highest BCUT2D eigenvalue weighted by Gasteiger charge is 2.15. The van der Waals surface area contributed by atoms with Gasteiger partial charge in [-0.15, -0.1) is 0 Å². The predicted molar refractivity (Wildman–Crippen MR) is 66.3 cm³/mol. The van der Waals surface area contributed by atoms with Gasteiger partial charge in [0, 0.05) is 0 Å². The number of benzene rings is 1. The summed E-state index contributed by atoms with van der Waals surface area (Å²) in [5, 5.41) is 0. The lowest BCUT2D eigenvalue weighted by Gasteiger charge is -2.22. The van der Waals surface area contributed by atoms with Crippen molar-refractivity contribution in [1.29, 1.82) is 0 Å². The van der Waals surface area contributed by atoms with Crippen LogP contribution < -0.4 is 0 Å². The largest absolute Gasteiger partial charge is 0.0651 e. The molecule has 0 atom stereocenters. The molecule has 0 bridgehead atoms. The molecule has 2 rings (SSSR count). The molecule has 0 N–H and O–H groups in total. The molecule has 0 aromatic heterocycles. The third-order valence-corrected chi connectivity index (χ3v) is 3.57. The second-order valence-electron chi connectivity index (χ2n) is 4.83. The Morgan fingerprint density at radius 2 is 1.93 bits per heavy atom. The van der Waals surface area contributed by atoms with Crippen molar-refractivity contribution in [3.8, 4) is 0 Å². The van der Waals surface area contributed by atoms with Crippen molar-refractivity contribution in [2.24, 2.45) is 0 Å². The van der Waals surface area contributed by atoms with Crippen LogP contribution in [0.2, 0.25) is 0 Å². The maximum atomic E-state index is 2.44. The summed E-state index contributed by atoms with van der Waals surface area (Å²) in [5.74, 6) is 0.857. The van der Waals surface area contributed by atoms with E-state index in [1.807, 2.05) is 0 Å². The highest BCUT2D eigenvalue weighted by Crippen LogP contribution is 2.32. The van der Waals surface area contributed by atoms with Gasteiger partial charge in [0.05, 0.1) is 0 Å². The SMILES string of the molecule is CCCc1cccc(C2CCCCC2)c1. The average Bonchev–Trinajstić information content (AvgIpc) is 2.31. The van der Waals surface area contributed by atoms with Crippen LogP contribution in [-0.2, 0) is 6.42 Å². The lowest BCUT2D eigenvalue weighted by atomic mass is 9.83. The van der Waals surface area contributed by atoms with Gasteiger partial charge in [-0.05, 0) is 36.3 Å². The summed E-state index contributed by atoms with van der Waals surface area (Å²) in [7, 11) is 0. The van der Waals surface area contributed by atoms with E-state index in [0.29, 0.717) is 0 Å². The summed E-state index contributed by atoms with van der Waals surface area (Å²) in [6.45, 7) is 2.26. The summed E-state index contributed by atoms with van der Waals surface area (Å²) in [4.78, 5) is 0. The van der Waals surface area contributed by atoms with Crippen molar-refractivity contribution in [3.05, 3.63) is 35.4 Å². The summed E-state index contributed by atoms with van der Waals surface area (Å²) in [6, 6.07) is 9.29. The zero-order valence-corrected chi connectivity index (χ0v) is 9.84. The minimum Gasteiger partial charge on any atom is -0.0651 e. The second-order valence-corrected chi connectivity index (χ2v) is 4.83. The number of hydrogen-bond donors (Lipinski definition) is 0. The molecule has 0 heteroatoms. The molecule has 82 valence electrons. The molecule has 0 aliphatic heterocycles. The molecule has 1 aromatic rings. The van der Waals surface area contributed by atoms with Gasteiger partial charge in [0.2, 0.25) is 0 Å². The van der Waals surface area contributed by atoms with Gasteiger partial charge in [-0.25, -0.2) is 0 Å². The molecule has 1 aliphatic carbocycles. The van der Waals surface area contributed by atoms with E-state index < -0.39 is 0 Å². The Kier molecular flexibility index (Phi) is 3.82. The molecule has 1 aromatic carbocycles. The Morgan fingerprint density at radius 1 is 1.13 bits per heavy atom. The van der Waals surface area contributed by atoms with Crippen LogP contribution in [0.3, 0.4) is 0 Å². The third-order valence-electron chi connectivity index (χ3n) is 3.57. The Hall–Kier alpha value is -0.780. The predicted octanol–water partition coefficient (Wildman–Crippen LogP) is 4.69. The molecular weight excluding hydrogens is 180 g/mol. The van der Waals surface area contributed by atoms with Gasteiger partial charge in [0.25, 0.3) is 0 Å². The van der Waals surface area contributed by atoms with Crippen molar-refractivity contribution in [2.45, 2.75) is 57.8 Å². The minimum atomic E-state index is 0.857. The molecule has 0 unspecified atom stereocenters. The second kappa shape index (κ2) is 5.34. The fourth-order valence-corrected chi connectivity index (χ4v) is 2.73. The van der Waals surface area contributed by atoms with Crippen molar-refractivity contribution in [2.75, 3.05) is 0 Å². The van der Waals surface area contributed by atoms with E-state index in [9.17, 15) is 0 Å². The fourth-order valence-electron chi connectivity index (χ4n) is 2.73. The Labute approximate surface area is 93.7 Å². The van der Waals surface area contributed by atoms with Crippen LogP contribution in [0.15, 0.2) is 24.3 Å².